The molecule has 0 radical (unpaired) electrons. The van der Waals surface area contributed by atoms with E-state index in [1.807, 2.05) is 0 Å². The van der Waals surface area contributed by atoms with Gasteiger partial charge in [-0.05, 0) is 11.6 Å². The third-order valence-corrected chi connectivity index (χ3v) is 3.10. The molecule has 0 aliphatic carbocycles. The van der Waals surface area contributed by atoms with E-state index in [4.69, 9.17) is 5.11 Å². The number of nitrogens with zero attached hydrogens (tertiary/aromatic N) is 2. The lowest BCUT2D eigenvalue weighted by Crippen LogP contribution is -2.58. The van der Waals surface area contributed by atoms with Gasteiger partial charge in [0.2, 0.25) is 11.8 Å². The summed E-state index contributed by atoms with van der Waals surface area (Å²) in [6.07, 6.45) is 2.91. The maximum Gasteiger partial charge on any atom is 0.305 e. The molecule has 1 fully saturated rings. The van der Waals surface area contributed by atoms with Gasteiger partial charge < -0.3 is 15.3 Å². The molecule has 0 saturated carbocycles. The molecule has 7 nitrogen and oxygen atoms in total. The number of carboxylic acids is 1. The first-order chi connectivity index (χ1) is 9.58. The topological polar surface area (TPSA) is 99.6 Å². The summed E-state index contributed by atoms with van der Waals surface area (Å²) < 4.78 is 0. The summed E-state index contributed by atoms with van der Waals surface area (Å²) in [6, 6.07) is 2.55. The smallest absolute Gasteiger partial charge is 0.305 e. The first-order valence-electron chi connectivity index (χ1n) is 6.26. The van der Waals surface area contributed by atoms with E-state index in [0.717, 1.165) is 5.56 Å². The number of rotatable bonds is 4. The lowest BCUT2D eigenvalue weighted by Gasteiger charge is -2.34. The lowest BCUT2D eigenvalue weighted by molar-refractivity contribution is -0.148. The second-order valence-corrected chi connectivity index (χ2v) is 4.53. The second-order valence-electron chi connectivity index (χ2n) is 4.53. The number of hydrogen-bond donors (Lipinski definition) is 2. The van der Waals surface area contributed by atoms with Crippen molar-refractivity contribution in [3.05, 3.63) is 30.1 Å². The molecule has 7 heteroatoms. The molecule has 1 atom stereocenters. The van der Waals surface area contributed by atoms with Gasteiger partial charge in [-0.2, -0.15) is 0 Å². The fourth-order valence-corrected chi connectivity index (χ4v) is 2.16. The first kappa shape index (κ1) is 14.0. The number of carbonyl (C=O) groups is 3. The molecule has 20 heavy (non-hydrogen) atoms. The van der Waals surface area contributed by atoms with Gasteiger partial charge in [0, 0.05) is 25.5 Å². The van der Waals surface area contributed by atoms with E-state index in [2.05, 4.69) is 10.3 Å². The van der Waals surface area contributed by atoms with Crippen LogP contribution in [0.25, 0.3) is 0 Å². The fraction of sp³-hybridized carbons (Fsp3) is 0.385. The molecule has 0 aromatic carbocycles. The van der Waals surface area contributed by atoms with E-state index in [-0.39, 0.29) is 18.7 Å². The molecule has 2 heterocycles. The van der Waals surface area contributed by atoms with Gasteiger partial charge in [0.25, 0.3) is 0 Å². The molecule has 1 unspecified atom stereocenters. The Hall–Kier alpha value is -2.44. The van der Waals surface area contributed by atoms with E-state index in [1.54, 1.807) is 24.5 Å². The standard InChI is InChI=1S/C13H15N3O4/c17-11(6-9-2-1-3-14-8-9)16-5-4-15-13(20)10(16)7-12(18)19/h1-3,8,10H,4-7H2,(H,15,20)(H,18,19). The summed E-state index contributed by atoms with van der Waals surface area (Å²) >= 11 is 0. The van der Waals surface area contributed by atoms with Crippen LogP contribution in [0.2, 0.25) is 0 Å². The van der Waals surface area contributed by atoms with Crippen molar-refractivity contribution in [3.63, 3.8) is 0 Å². The minimum Gasteiger partial charge on any atom is -0.481 e. The molecule has 2 rings (SSSR count). The van der Waals surface area contributed by atoms with Gasteiger partial charge in [0.15, 0.2) is 0 Å². The van der Waals surface area contributed by atoms with Gasteiger partial charge >= 0.3 is 5.97 Å². The Balaban J connectivity index is 2.09. The molecule has 0 bridgehead atoms. The van der Waals surface area contributed by atoms with Crippen molar-refractivity contribution >= 4 is 17.8 Å². The third-order valence-electron chi connectivity index (χ3n) is 3.10. The predicted molar refractivity (Wildman–Crippen MR) is 68.7 cm³/mol. The molecule has 1 aromatic heterocycles. The third kappa shape index (κ3) is 3.31. The highest BCUT2D eigenvalue weighted by Gasteiger charge is 2.34. The van der Waals surface area contributed by atoms with Gasteiger partial charge in [-0.1, -0.05) is 6.07 Å². The number of aromatic nitrogens is 1. The van der Waals surface area contributed by atoms with Gasteiger partial charge in [0.1, 0.15) is 6.04 Å². The fourth-order valence-electron chi connectivity index (χ4n) is 2.16. The van der Waals surface area contributed by atoms with Crippen LogP contribution in [0.3, 0.4) is 0 Å². The highest BCUT2D eigenvalue weighted by atomic mass is 16.4. The molecule has 1 aliphatic heterocycles. The van der Waals surface area contributed by atoms with Gasteiger partial charge in [0.05, 0.1) is 12.8 Å². The van der Waals surface area contributed by atoms with Crippen molar-refractivity contribution < 1.29 is 19.5 Å². The maximum absolute atomic E-state index is 12.2. The summed E-state index contributed by atoms with van der Waals surface area (Å²) in [5.41, 5.74) is 0.734. The SMILES string of the molecule is O=C(O)CC1C(=O)NCCN1C(=O)Cc1cccnc1. The quantitative estimate of drug-likeness (QED) is 0.767. The summed E-state index contributed by atoms with van der Waals surface area (Å²) in [5.74, 6) is -1.79. The van der Waals surface area contributed by atoms with E-state index < -0.39 is 17.9 Å². The minimum absolute atomic E-state index is 0.108. The number of piperazine rings is 1. The summed E-state index contributed by atoms with van der Waals surface area (Å²) in [5, 5.41) is 11.4. The number of pyridine rings is 1. The summed E-state index contributed by atoms with van der Waals surface area (Å²) in [7, 11) is 0. The monoisotopic (exact) mass is 277 g/mol. The molecular weight excluding hydrogens is 262 g/mol. The Morgan fingerprint density at radius 2 is 2.30 bits per heavy atom. The number of nitrogens with one attached hydrogen (secondary N) is 1. The van der Waals surface area contributed by atoms with Crippen LogP contribution in [0.4, 0.5) is 0 Å². The Kier molecular flexibility index (Phi) is 4.29. The maximum atomic E-state index is 12.2. The molecule has 2 N–H and O–H groups in total. The Bertz CT molecular complexity index is 518. The van der Waals surface area contributed by atoms with Crippen molar-refractivity contribution in [2.45, 2.75) is 18.9 Å². The molecule has 106 valence electrons. The Morgan fingerprint density at radius 1 is 1.50 bits per heavy atom. The summed E-state index contributed by atoms with van der Waals surface area (Å²) in [4.78, 5) is 40.0. The van der Waals surface area contributed by atoms with Crippen LogP contribution in [-0.4, -0.2) is 51.9 Å². The van der Waals surface area contributed by atoms with Crippen molar-refractivity contribution in [2.24, 2.45) is 0 Å². The molecule has 2 amide bonds. The highest BCUT2D eigenvalue weighted by Crippen LogP contribution is 2.12. The van der Waals surface area contributed by atoms with Crippen LogP contribution >= 0.6 is 0 Å². The molecule has 1 saturated heterocycles. The van der Waals surface area contributed by atoms with Crippen LogP contribution in [0.1, 0.15) is 12.0 Å². The highest BCUT2D eigenvalue weighted by molar-refractivity contribution is 5.92. The van der Waals surface area contributed by atoms with Crippen molar-refractivity contribution in [1.82, 2.24) is 15.2 Å². The van der Waals surface area contributed by atoms with E-state index in [9.17, 15) is 14.4 Å². The number of amides is 2. The number of aliphatic carboxylic acids is 1. The van der Waals surface area contributed by atoms with Crippen LogP contribution in [0, 0.1) is 0 Å². The lowest BCUT2D eigenvalue weighted by atomic mass is 10.1. The zero-order valence-corrected chi connectivity index (χ0v) is 10.8. The van der Waals surface area contributed by atoms with Gasteiger partial charge in [-0.25, -0.2) is 0 Å². The average Bonchev–Trinajstić information content (AvgIpc) is 2.41. The largest absolute Gasteiger partial charge is 0.481 e. The van der Waals surface area contributed by atoms with E-state index in [1.165, 1.54) is 4.90 Å². The van der Waals surface area contributed by atoms with Gasteiger partial charge in [-0.15, -0.1) is 0 Å². The zero-order chi connectivity index (χ0) is 14.5. The van der Waals surface area contributed by atoms with Crippen molar-refractivity contribution in [3.8, 4) is 0 Å². The van der Waals surface area contributed by atoms with Crippen LogP contribution in [-0.2, 0) is 20.8 Å². The normalized spacial score (nSPS) is 18.5. The van der Waals surface area contributed by atoms with Crippen molar-refractivity contribution in [1.29, 1.82) is 0 Å². The number of carboxylic acid groups (broad SMARTS) is 1. The Morgan fingerprint density at radius 3 is 2.95 bits per heavy atom. The molecule has 1 aromatic rings. The molecular formula is C13H15N3O4. The first-order valence-corrected chi connectivity index (χ1v) is 6.26. The second kappa shape index (κ2) is 6.14. The average molecular weight is 277 g/mol. The Labute approximate surface area is 115 Å². The molecule has 1 aliphatic rings. The van der Waals surface area contributed by atoms with Crippen LogP contribution in [0.5, 0.6) is 0 Å². The number of carbonyl (C=O) groups excluding carboxylic acids is 2. The van der Waals surface area contributed by atoms with E-state index in [0.29, 0.717) is 13.1 Å². The van der Waals surface area contributed by atoms with Gasteiger partial charge in [-0.3, -0.25) is 19.4 Å². The van der Waals surface area contributed by atoms with Crippen LogP contribution < -0.4 is 5.32 Å². The molecule has 0 spiro atoms. The minimum atomic E-state index is -1.11. The predicted octanol–water partition coefficient (Wildman–Crippen LogP) is -0.574. The summed E-state index contributed by atoms with van der Waals surface area (Å²) in [6.45, 7) is 0.663. The number of hydrogen-bond acceptors (Lipinski definition) is 4. The zero-order valence-electron chi connectivity index (χ0n) is 10.8. The van der Waals surface area contributed by atoms with Crippen LogP contribution in [0.15, 0.2) is 24.5 Å². The van der Waals surface area contributed by atoms with Crippen molar-refractivity contribution in [2.75, 3.05) is 13.1 Å². The van der Waals surface area contributed by atoms with E-state index >= 15 is 0 Å².